The van der Waals surface area contributed by atoms with E-state index in [1.54, 1.807) is 12.5 Å². The van der Waals surface area contributed by atoms with Crippen LogP contribution in [0.3, 0.4) is 0 Å². The number of imidazole rings is 1. The van der Waals surface area contributed by atoms with Gasteiger partial charge in [0.1, 0.15) is 5.75 Å². The number of benzene rings is 2. The molecule has 1 aromatic heterocycles. The van der Waals surface area contributed by atoms with Crippen molar-refractivity contribution >= 4 is 17.6 Å². The Balaban J connectivity index is 1.61. The fraction of sp³-hybridized carbons (Fsp3) is 0.370. The fourth-order valence-corrected chi connectivity index (χ4v) is 3.69. The van der Waals surface area contributed by atoms with E-state index in [1.165, 1.54) is 0 Å². The minimum Gasteiger partial charge on any atom is -0.494 e. The van der Waals surface area contributed by atoms with Gasteiger partial charge in [0.15, 0.2) is 0 Å². The number of nitrogens with zero attached hydrogens (tertiary/aromatic N) is 3. The third-order valence-electron chi connectivity index (χ3n) is 5.43. The van der Waals surface area contributed by atoms with Crippen molar-refractivity contribution in [2.45, 2.75) is 52.7 Å². The lowest BCUT2D eigenvalue weighted by Crippen LogP contribution is -2.40. The van der Waals surface area contributed by atoms with Crippen LogP contribution in [0.5, 0.6) is 5.75 Å². The first kappa shape index (κ1) is 25.8. The number of rotatable bonds is 13. The number of carbonyl (C=O) groups excluding carboxylic acids is 2. The minimum absolute atomic E-state index is 0.00638. The highest BCUT2D eigenvalue weighted by Crippen LogP contribution is 2.15. The van der Waals surface area contributed by atoms with Crippen molar-refractivity contribution in [1.82, 2.24) is 19.8 Å². The zero-order valence-electron chi connectivity index (χ0n) is 20.6. The van der Waals surface area contributed by atoms with Gasteiger partial charge in [-0.25, -0.2) is 9.78 Å². The van der Waals surface area contributed by atoms with Crippen LogP contribution < -0.4 is 15.4 Å². The Morgan fingerprint density at radius 3 is 2.63 bits per heavy atom. The number of aryl methyl sites for hydroxylation is 1. The van der Waals surface area contributed by atoms with Gasteiger partial charge in [-0.15, -0.1) is 0 Å². The second-order valence-corrected chi connectivity index (χ2v) is 8.31. The quantitative estimate of drug-likeness (QED) is 0.369. The molecule has 0 saturated carbocycles. The zero-order valence-corrected chi connectivity index (χ0v) is 20.6. The van der Waals surface area contributed by atoms with E-state index in [1.807, 2.05) is 78.0 Å². The molecule has 35 heavy (non-hydrogen) atoms. The van der Waals surface area contributed by atoms with Crippen LogP contribution in [0.1, 0.15) is 44.2 Å². The first-order chi connectivity index (χ1) is 17.1. The Morgan fingerprint density at radius 2 is 1.91 bits per heavy atom. The molecule has 0 fully saturated rings. The highest BCUT2D eigenvalue weighted by atomic mass is 16.5. The highest BCUT2D eigenvalue weighted by molar-refractivity contribution is 5.90. The summed E-state index contributed by atoms with van der Waals surface area (Å²) in [6, 6.07) is 15.3. The Labute approximate surface area is 207 Å². The molecule has 0 aliphatic rings. The van der Waals surface area contributed by atoms with Crippen molar-refractivity contribution in [2.75, 3.05) is 18.5 Å². The predicted molar refractivity (Wildman–Crippen MR) is 137 cm³/mol. The zero-order chi connectivity index (χ0) is 24.9. The van der Waals surface area contributed by atoms with Crippen molar-refractivity contribution < 1.29 is 14.3 Å². The van der Waals surface area contributed by atoms with Crippen LogP contribution in [-0.4, -0.2) is 39.5 Å². The van der Waals surface area contributed by atoms with E-state index in [2.05, 4.69) is 15.6 Å². The van der Waals surface area contributed by atoms with Gasteiger partial charge in [-0.3, -0.25) is 4.79 Å². The summed E-state index contributed by atoms with van der Waals surface area (Å²) < 4.78 is 7.53. The number of ether oxygens (including phenoxy) is 1. The number of urea groups is 1. The molecule has 3 aromatic rings. The van der Waals surface area contributed by atoms with Gasteiger partial charge in [0.25, 0.3) is 0 Å². The normalized spacial score (nSPS) is 10.6. The Morgan fingerprint density at radius 1 is 1.09 bits per heavy atom. The third kappa shape index (κ3) is 8.81. The molecule has 0 unspecified atom stereocenters. The van der Waals surface area contributed by atoms with Crippen molar-refractivity contribution in [2.24, 2.45) is 0 Å². The summed E-state index contributed by atoms with van der Waals surface area (Å²) in [6.07, 6.45) is 7.54. The summed E-state index contributed by atoms with van der Waals surface area (Å²) in [6.45, 7) is 6.80. The maximum atomic E-state index is 13.1. The number of anilines is 1. The van der Waals surface area contributed by atoms with Gasteiger partial charge in [0, 0.05) is 50.7 Å². The highest BCUT2D eigenvalue weighted by Gasteiger charge is 2.14. The maximum Gasteiger partial charge on any atom is 0.317 e. The second kappa shape index (κ2) is 13.8. The summed E-state index contributed by atoms with van der Waals surface area (Å²) >= 11 is 0. The van der Waals surface area contributed by atoms with E-state index in [0.29, 0.717) is 32.7 Å². The van der Waals surface area contributed by atoms with Gasteiger partial charge in [0.05, 0.1) is 12.9 Å². The Hall–Kier alpha value is -3.81. The largest absolute Gasteiger partial charge is 0.494 e. The van der Waals surface area contributed by atoms with Crippen LogP contribution in [-0.2, 0) is 24.4 Å². The number of amides is 3. The van der Waals surface area contributed by atoms with E-state index >= 15 is 0 Å². The number of nitrogens with one attached hydrogen (secondary N) is 2. The smallest absolute Gasteiger partial charge is 0.317 e. The summed E-state index contributed by atoms with van der Waals surface area (Å²) in [5, 5.41) is 5.93. The summed E-state index contributed by atoms with van der Waals surface area (Å²) in [4.78, 5) is 30.9. The van der Waals surface area contributed by atoms with Gasteiger partial charge >= 0.3 is 6.03 Å². The molecule has 0 saturated heterocycles. The van der Waals surface area contributed by atoms with Crippen LogP contribution in [0.25, 0.3) is 0 Å². The lowest BCUT2D eigenvalue weighted by Gasteiger charge is -2.24. The summed E-state index contributed by atoms with van der Waals surface area (Å²) in [7, 11) is 0. The number of hydrogen-bond donors (Lipinski definition) is 2. The molecule has 0 aliphatic heterocycles. The molecule has 2 N–H and O–H groups in total. The maximum absolute atomic E-state index is 13.1. The first-order valence-corrected chi connectivity index (χ1v) is 12.2. The van der Waals surface area contributed by atoms with E-state index in [9.17, 15) is 9.59 Å². The Bertz CT molecular complexity index is 1050. The lowest BCUT2D eigenvalue weighted by atomic mass is 10.2. The molecule has 3 amide bonds. The van der Waals surface area contributed by atoms with Gasteiger partial charge in [-0.1, -0.05) is 31.2 Å². The SMILES string of the molecule is CCCC(=O)Nc1cccc(CNC(=O)N(CCCn2ccnc2)Cc2ccc(OCC)cc2)c1. The van der Waals surface area contributed by atoms with E-state index in [-0.39, 0.29) is 11.9 Å². The predicted octanol–water partition coefficient (Wildman–Crippen LogP) is 4.82. The molecule has 0 aliphatic carbocycles. The number of aromatic nitrogens is 2. The number of hydrogen-bond acceptors (Lipinski definition) is 4. The van der Waals surface area contributed by atoms with Crippen LogP contribution >= 0.6 is 0 Å². The average molecular weight is 478 g/mol. The number of carbonyl (C=O) groups is 2. The summed E-state index contributed by atoms with van der Waals surface area (Å²) in [5.74, 6) is 0.811. The molecule has 0 bridgehead atoms. The van der Waals surface area contributed by atoms with E-state index in [4.69, 9.17) is 4.74 Å². The van der Waals surface area contributed by atoms with Gasteiger partial charge in [-0.2, -0.15) is 0 Å². The lowest BCUT2D eigenvalue weighted by molar-refractivity contribution is -0.116. The molecule has 0 radical (unpaired) electrons. The molecular weight excluding hydrogens is 442 g/mol. The molecular formula is C27H35N5O3. The first-order valence-electron chi connectivity index (χ1n) is 12.2. The van der Waals surface area contributed by atoms with Crippen molar-refractivity contribution in [3.8, 4) is 5.75 Å². The van der Waals surface area contributed by atoms with Crippen LogP contribution in [0.4, 0.5) is 10.5 Å². The fourth-order valence-electron chi connectivity index (χ4n) is 3.69. The van der Waals surface area contributed by atoms with Gasteiger partial charge in [-0.05, 0) is 55.2 Å². The third-order valence-corrected chi connectivity index (χ3v) is 5.43. The van der Waals surface area contributed by atoms with Crippen LogP contribution in [0.15, 0.2) is 67.3 Å². The topological polar surface area (TPSA) is 88.5 Å². The summed E-state index contributed by atoms with van der Waals surface area (Å²) in [5.41, 5.74) is 2.70. The molecule has 1 heterocycles. The molecule has 3 rings (SSSR count). The van der Waals surface area contributed by atoms with Crippen molar-refractivity contribution in [3.63, 3.8) is 0 Å². The Kier molecular flexibility index (Phi) is 10.2. The monoisotopic (exact) mass is 477 g/mol. The van der Waals surface area contributed by atoms with E-state index < -0.39 is 0 Å². The van der Waals surface area contributed by atoms with Crippen LogP contribution in [0.2, 0.25) is 0 Å². The molecule has 0 spiro atoms. The average Bonchev–Trinajstić information content (AvgIpc) is 3.37. The molecule has 2 aromatic carbocycles. The van der Waals surface area contributed by atoms with Gasteiger partial charge < -0.3 is 24.8 Å². The van der Waals surface area contributed by atoms with Crippen LogP contribution in [0, 0.1) is 0 Å². The second-order valence-electron chi connectivity index (χ2n) is 8.31. The molecule has 8 nitrogen and oxygen atoms in total. The van der Waals surface area contributed by atoms with E-state index in [0.717, 1.165) is 42.0 Å². The van der Waals surface area contributed by atoms with Crippen molar-refractivity contribution in [3.05, 3.63) is 78.4 Å². The van der Waals surface area contributed by atoms with Gasteiger partial charge in [0.2, 0.25) is 5.91 Å². The van der Waals surface area contributed by atoms with Crippen molar-refractivity contribution in [1.29, 1.82) is 0 Å². The minimum atomic E-state index is -0.134. The molecule has 0 atom stereocenters. The molecule has 8 heteroatoms. The standard InChI is InChI=1S/C27H35N5O3/c1-3-7-26(33)30-24-9-5-8-23(18-24)19-29-27(34)32(16-6-15-31-17-14-28-21-31)20-22-10-12-25(13-11-22)35-4-2/h5,8-14,17-18,21H,3-4,6-7,15-16,19-20H2,1-2H3,(H,29,34)(H,30,33). The molecule has 186 valence electrons.